The van der Waals surface area contributed by atoms with E-state index < -0.39 is 6.10 Å². The second kappa shape index (κ2) is 5.30. The van der Waals surface area contributed by atoms with E-state index in [0.717, 1.165) is 29.3 Å². The van der Waals surface area contributed by atoms with Gasteiger partial charge in [0.05, 0.1) is 6.10 Å². The summed E-state index contributed by atoms with van der Waals surface area (Å²) in [5.74, 6) is 0. The monoisotopic (exact) mass is 291 g/mol. The fourth-order valence-electron chi connectivity index (χ4n) is 2.00. The van der Waals surface area contributed by atoms with Crippen molar-refractivity contribution in [2.24, 2.45) is 5.73 Å². The van der Waals surface area contributed by atoms with Gasteiger partial charge in [-0.05, 0) is 42.5 Å². The van der Waals surface area contributed by atoms with Crippen molar-refractivity contribution in [2.75, 3.05) is 0 Å². The third kappa shape index (κ3) is 2.72. The van der Waals surface area contributed by atoms with Crippen molar-refractivity contribution in [1.29, 1.82) is 0 Å². The lowest BCUT2D eigenvalue weighted by Crippen LogP contribution is -2.27. The molecule has 0 amide bonds. The van der Waals surface area contributed by atoms with E-state index in [1.807, 2.05) is 12.1 Å². The Balaban J connectivity index is 0.00000112. The smallest absolute Gasteiger partial charge is 0.0943 e. The molecule has 2 nitrogen and oxygen atoms in total. The number of fused-ring (bicyclic) bond motifs is 1. The largest absolute Gasteiger partial charge is 0.387 e. The Hall–Kier alpha value is -0.0900. The third-order valence-electron chi connectivity index (χ3n) is 2.81. The average molecular weight is 293 g/mol. The molecule has 0 bridgehead atoms. The van der Waals surface area contributed by atoms with Crippen molar-refractivity contribution < 1.29 is 5.11 Å². The van der Waals surface area contributed by atoms with E-state index in [1.54, 1.807) is 0 Å². The molecule has 3 N–H and O–H groups in total. The summed E-state index contributed by atoms with van der Waals surface area (Å²) >= 11 is 3.44. The molecule has 0 aliphatic heterocycles. The zero-order chi connectivity index (χ0) is 10.1. The fraction of sp³-hybridized carbons (Fsp3) is 0.455. The van der Waals surface area contributed by atoms with Gasteiger partial charge < -0.3 is 10.8 Å². The molecule has 0 aromatic heterocycles. The summed E-state index contributed by atoms with van der Waals surface area (Å²) in [4.78, 5) is 0. The van der Waals surface area contributed by atoms with Crippen LogP contribution in [-0.4, -0.2) is 11.1 Å². The van der Waals surface area contributed by atoms with Gasteiger partial charge in [-0.2, -0.15) is 0 Å². The number of nitrogens with two attached hydrogens (primary N) is 1. The summed E-state index contributed by atoms with van der Waals surface area (Å²) in [7, 11) is 0. The maximum atomic E-state index is 9.96. The van der Waals surface area contributed by atoms with Gasteiger partial charge in [0.1, 0.15) is 0 Å². The van der Waals surface area contributed by atoms with Gasteiger partial charge in [0.15, 0.2) is 0 Å². The minimum absolute atomic E-state index is 0. The molecule has 0 heterocycles. The highest BCUT2D eigenvalue weighted by Crippen LogP contribution is 2.29. The van der Waals surface area contributed by atoms with Crippen LogP contribution >= 0.6 is 28.3 Å². The first kappa shape index (κ1) is 13.0. The Morgan fingerprint density at radius 2 is 2.13 bits per heavy atom. The molecule has 2 rings (SSSR count). The number of hydrogen-bond donors (Lipinski definition) is 2. The van der Waals surface area contributed by atoms with Crippen LogP contribution in [0.2, 0.25) is 0 Å². The molecular formula is C11H15BrClNO. The standard InChI is InChI=1S/C11H14BrNO.ClH/c12-8-4-5-9-7(6-8)2-1-3-10(13)11(9)14;/h4-6,10-11,14H,1-3,13H2;1H. The van der Waals surface area contributed by atoms with Crippen LogP contribution in [0.25, 0.3) is 0 Å². The van der Waals surface area contributed by atoms with Crippen molar-refractivity contribution in [2.45, 2.75) is 31.4 Å². The van der Waals surface area contributed by atoms with Crippen LogP contribution in [0.1, 0.15) is 30.1 Å². The van der Waals surface area contributed by atoms with Gasteiger partial charge in [-0.3, -0.25) is 0 Å². The topological polar surface area (TPSA) is 46.2 Å². The molecule has 0 spiro atoms. The summed E-state index contributed by atoms with van der Waals surface area (Å²) in [5.41, 5.74) is 8.09. The Bertz CT molecular complexity index is 345. The molecule has 0 fully saturated rings. The van der Waals surface area contributed by atoms with Gasteiger partial charge in [0, 0.05) is 10.5 Å². The third-order valence-corrected chi connectivity index (χ3v) is 3.31. The lowest BCUT2D eigenvalue weighted by atomic mass is 9.99. The number of rotatable bonds is 0. The molecule has 1 aromatic rings. The number of hydrogen-bond acceptors (Lipinski definition) is 2. The molecule has 1 aromatic carbocycles. The first-order valence-corrected chi connectivity index (χ1v) is 5.70. The molecule has 0 radical (unpaired) electrons. The second-order valence-electron chi connectivity index (χ2n) is 3.84. The van der Waals surface area contributed by atoms with Crippen LogP contribution in [-0.2, 0) is 6.42 Å². The van der Waals surface area contributed by atoms with Crippen LogP contribution in [0.15, 0.2) is 22.7 Å². The number of aliphatic hydroxyl groups is 1. The highest BCUT2D eigenvalue weighted by molar-refractivity contribution is 9.10. The van der Waals surface area contributed by atoms with E-state index in [1.165, 1.54) is 5.56 Å². The fourth-order valence-corrected chi connectivity index (χ4v) is 2.40. The molecule has 2 atom stereocenters. The van der Waals surface area contributed by atoms with Crippen LogP contribution in [0, 0.1) is 0 Å². The van der Waals surface area contributed by atoms with Gasteiger partial charge in [0.25, 0.3) is 0 Å². The van der Waals surface area contributed by atoms with E-state index in [0.29, 0.717) is 0 Å². The molecular weight excluding hydrogens is 277 g/mol. The Morgan fingerprint density at radius 3 is 2.87 bits per heavy atom. The van der Waals surface area contributed by atoms with Crippen LogP contribution in [0.3, 0.4) is 0 Å². The molecule has 15 heavy (non-hydrogen) atoms. The summed E-state index contributed by atoms with van der Waals surface area (Å²) < 4.78 is 1.07. The highest BCUT2D eigenvalue weighted by atomic mass is 79.9. The Morgan fingerprint density at radius 1 is 1.40 bits per heavy atom. The molecule has 1 aliphatic rings. The van der Waals surface area contributed by atoms with Crippen LogP contribution in [0.4, 0.5) is 0 Å². The average Bonchev–Trinajstić information content (AvgIpc) is 2.28. The van der Waals surface area contributed by atoms with Gasteiger partial charge in [-0.1, -0.05) is 22.0 Å². The van der Waals surface area contributed by atoms with Gasteiger partial charge >= 0.3 is 0 Å². The first-order valence-electron chi connectivity index (χ1n) is 4.90. The minimum atomic E-state index is -0.499. The number of halogens is 2. The SMILES string of the molecule is Cl.NC1CCCc2cc(Br)ccc2C1O. The van der Waals surface area contributed by atoms with Crippen molar-refractivity contribution in [3.05, 3.63) is 33.8 Å². The first-order chi connectivity index (χ1) is 6.68. The molecule has 0 saturated heterocycles. The van der Waals surface area contributed by atoms with Crippen LogP contribution < -0.4 is 5.73 Å². The van der Waals surface area contributed by atoms with Gasteiger partial charge in [0.2, 0.25) is 0 Å². The molecule has 1 aliphatic carbocycles. The van der Waals surface area contributed by atoms with Crippen molar-refractivity contribution >= 4 is 28.3 Å². The predicted octanol–water partition coefficient (Wildman–Crippen LogP) is 2.57. The summed E-state index contributed by atoms with van der Waals surface area (Å²) in [5, 5.41) is 9.96. The molecule has 4 heteroatoms. The Kier molecular flexibility index (Phi) is 4.59. The summed E-state index contributed by atoms with van der Waals surface area (Å²) in [6, 6.07) is 5.89. The van der Waals surface area contributed by atoms with Crippen LogP contribution in [0.5, 0.6) is 0 Å². The quantitative estimate of drug-likeness (QED) is 0.722. The number of benzene rings is 1. The van der Waals surface area contributed by atoms with E-state index in [2.05, 4.69) is 22.0 Å². The van der Waals surface area contributed by atoms with E-state index in [4.69, 9.17) is 5.73 Å². The Labute approximate surface area is 104 Å². The number of aliphatic hydroxyl groups excluding tert-OH is 1. The van der Waals surface area contributed by atoms with E-state index >= 15 is 0 Å². The maximum Gasteiger partial charge on any atom is 0.0943 e. The predicted molar refractivity (Wildman–Crippen MR) is 67.3 cm³/mol. The summed E-state index contributed by atoms with van der Waals surface area (Å²) in [6.07, 6.45) is 2.47. The lowest BCUT2D eigenvalue weighted by Gasteiger charge is -2.17. The molecule has 2 unspecified atom stereocenters. The van der Waals surface area contributed by atoms with Crippen molar-refractivity contribution in [3.63, 3.8) is 0 Å². The molecule has 84 valence electrons. The molecule has 0 saturated carbocycles. The maximum absolute atomic E-state index is 9.96. The highest BCUT2D eigenvalue weighted by Gasteiger charge is 2.22. The van der Waals surface area contributed by atoms with E-state index in [-0.39, 0.29) is 18.4 Å². The van der Waals surface area contributed by atoms with Crippen molar-refractivity contribution in [1.82, 2.24) is 0 Å². The lowest BCUT2D eigenvalue weighted by molar-refractivity contribution is 0.144. The zero-order valence-corrected chi connectivity index (χ0v) is 10.7. The second-order valence-corrected chi connectivity index (χ2v) is 4.76. The van der Waals surface area contributed by atoms with E-state index in [9.17, 15) is 5.11 Å². The van der Waals surface area contributed by atoms with Crippen molar-refractivity contribution in [3.8, 4) is 0 Å². The minimum Gasteiger partial charge on any atom is -0.387 e. The normalized spacial score (nSPS) is 25.0. The number of aryl methyl sites for hydroxylation is 1. The van der Waals surface area contributed by atoms with Gasteiger partial charge in [-0.15, -0.1) is 12.4 Å². The zero-order valence-electron chi connectivity index (χ0n) is 8.32. The summed E-state index contributed by atoms with van der Waals surface area (Å²) in [6.45, 7) is 0. The van der Waals surface area contributed by atoms with Gasteiger partial charge in [-0.25, -0.2) is 0 Å².